The lowest BCUT2D eigenvalue weighted by Crippen LogP contribution is -2.61. The van der Waals surface area contributed by atoms with E-state index < -0.39 is 0 Å². The summed E-state index contributed by atoms with van der Waals surface area (Å²) in [5.41, 5.74) is 9.41. The Morgan fingerprint density at radius 1 is 1.24 bits per heavy atom. The molecule has 0 amide bonds. The van der Waals surface area contributed by atoms with Gasteiger partial charge in [-0.05, 0) is 43.9 Å². The van der Waals surface area contributed by atoms with Gasteiger partial charge in [0.1, 0.15) is 0 Å². The average Bonchev–Trinajstić information content (AvgIpc) is 2.51. The van der Waals surface area contributed by atoms with Crippen LogP contribution in [0.3, 0.4) is 0 Å². The summed E-state index contributed by atoms with van der Waals surface area (Å²) in [6.45, 7) is 8.80. The number of fused-ring (bicyclic) bond motifs is 1. The number of nitrogens with two attached hydrogens (primary N) is 1. The van der Waals surface area contributed by atoms with Gasteiger partial charge in [-0.1, -0.05) is 31.2 Å². The number of nitrogens with zero attached hydrogens (tertiary/aromatic N) is 2. The van der Waals surface area contributed by atoms with E-state index in [1.54, 1.807) is 0 Å². The zero-order chi connectivity index (χ0) is 15.0. The van der Waals surface area contributed by atoms with Crippen molar-refractivity contribution in [2.45, 2.75) is 44.2 Å². The quantitative estimate of drug-likeness (QED) is 0.906. The predicted molar refractivity (Wildman–Crippen MR) is 88.5 cm³/mol. The molecule has 0 spiro atoms. The van der Waals surface area contributed by atoms with E-state index in [9.17, 15) is 0 Å². The molecule has 116 valence electrons. The SMILES string of the molecule is CC1CCC(CN)(N2CCN(C)C(C)C2)c2ccccc21. The Morgan fingerprint density at radius 3 is 2.71 bits per heavy atom. The molecule has 0 saturated carbocycles. The van der Waals surface area contributed by atoms with Crippen LogP contribution in [-0.2, 0) is 5.54 Å². The van der Waals surface area contributed by atoms with Gasteiger partial charge in [0.25, 0.3) is 0 Å². The standard InChI is InChI=1S/C18H29N3/c1-14-8-9-18(13-19,17-7-5-4-6-16(14)17)21-11-10-20(3)15(2)12-21/h4-7,14-15H,8-13,19H2,1-3H3. The van der Waals surface area contributed by atoms with E-state index >= 15 is 0 Å². The molecule has 2 aliphatic rings. The fourth-order valence-electron chi connectivity index (χ4n) is 4.20. The monoisotopic (exact) mass is 287 g/mol. The lowest BCUT2D eigenvalue weighted by molar-refractivity contribution is 0.00418. The second kappa shape index (κ2) is 5.71. The van der Waals surface area contributed by atoms with Crippen molar-refractivity contribution in [2.75, 3.05) is 33.2 Å². The molecule has 1 fully saturated rings. The summed E-state index contributed by atoms with van der Waals surface area (Å²) in [6, 6.07) is 9.59. The Bertz CT molecular complexity index is 501. The van der Waals surface area contributed by atoms with E-state index in [1.165, 1.54) is 24.0 Å². The molecule has 3 heteroatoms. The summed E-state index contributed by atoms with van der Waals surface area (Å²) < 4.78 is 0. The molecule has 1 aliphatic heterocycles. The lowest BCUT2D eigenvalue weighted by atomic mass is 9.71. The molecule has 1 aliphatic carbocycles. The Labute approximate surface area is 129 Å². The Balaban J connectivity index is 1.99. The first-order valence-electron chi connectivity index (χ1n) is 8.33. The van der Waals surface area contributed by atoms with Crippen molar-refractivity contribution in [1.29, 1.82) is 0 Å². The minimum absolute atomic E-state index is 0.0542. The Morgan fingerprint density at radius 2 is 2.00 bits per heavy atom. The van der Waals surface area contributed by atoms with Crippen LogP contribution in [0.1, 0.15) is 43.7 Å². The molecule has 1 heterocycles. The van der Waals surface area contributed by atoms with E-state index in [4.69, 9.17) is 5.73 Å². The van der Waals surface area contributed by atoms with Crippen molar-refractivity contribution in [1.82, 2.24) is 9.80 Å². The van der Waals surface area contributed by atoms with Gasteiger partial charge in [0.2, 0.25) is 0 Å². The van der Waals surface area contributed by atoms with Crippen LogP contribution in [0.2, 0.25) is 0 Å². The fourth-order valence-corrected chi connectivity index (χ4v) is 4.20. The normalized spacial score (nSPS) is 34.7. The molecule has 2 N–H and O–H groups in total. The maximum absolute atomic E-state index is 6.35. The third kappa shape index (κ3) is 2.41. The molecule has 1 aromatic carbocycles. The Hall–Kier alpha value is -0.900. The van der Waals surface area contributed by atoms with Crippen LogP contribution in [0.4, 0.5) is 0 Å². The smallest absolute Gasteiger partial charge is 0.0587 e. The summed E-state index contributed by atoms with van der Waals surface area (Å²) in [4.78, 5) is 5.13. The largest absolute Gasteiger partial charge is 0.328 e. The van der Waals surface area contributed by atoms with Gasteiger partial charge in [-0.25, -0.2) is 0 Å². The van der Waals surface area contributed by atoms with Crippen LogP contribution in [0.15, 0.2) is 24.3 Å². The number of benzene rings is 1. The minimum Gasteiger partial charge on any atom is -0.328 e. The van der Waals surface area contributed by atoms with Crippen molar-refractivity contribution in [3.63, 3.8) is 0 Å². The number of hydrogen-bond donors (Lipinski definition) is 1. The lowest BCUT2D eigenvalue weighted by Gasteiger charge is -2.52. The number of piperazine rings is 1. The molecule has 1 aromatic rings. The highest BCUT2D eigenvalue weighted by molar-refractivity contribution is 5.39. The molecule has 0 bridgehead atoms. The highest BCUT2D eigenvalue weighted by atomic mass is 15.3. The number of hydrogen-bond acceptors (Lipinski definition) is 3. The number of likely N-dealkylation sites (N-methyl/N-ethyl adjacent to an activating group) is 1. The summed E-state index contributed by atoms with van der Waals surface area (Å²) in [5, 5.41) is 0. The van der Waals surface area contributed by atoms with E-state index in [0.717, 1.165) is 26.2 Å². The molecule has 1 saturated heterocycles. The first-order chi connectivity index (χ1) is 10.1. The van der Waals surface area contributed by atoms with Crippen molar-refractivity contribution in [3.8, 4) is 0 Å². The topological polar surface area (TPSA) is 32.5 Å². The third-order valence-electron chi connectivity index (χ3n) is 5.89. The molecule has 0 aromatic heterocycles. The zero-order valence-electron chi connectivity index (χ0n) is 13.7. The maximum atomic E-state index is 6.35. The van der Waals surface area contributed by atoms with Gasteiger partial charge in [-0.3, -0.25) is 4.90 Å². The van der Waals surface area contributed by atoms with Crippen LogP contribution in [0, 0.1) is 0 Å². The van der Waals surface area contributed by atoms with Crippen LogP contribution >= 0.6 is 0 Å². The molecule has 3 rings (SSSR count). The molecule has 0 radical (unpaired) electrons. The van der Waals surface area contributed by atoms with E-state index in [1.807, 2.05) is 0 Å². The van der Waals surface area contributed by atoms with Gasteiger partial charge in [0.15, 0.2) is 0 Å². The summed E-state index contributed by atoms with van der Waals surface area (Å²) in [6.07, 6.45) is 2.44. The maximum Gasteiger partial charge on any atom is 0.0587 e. The van der Waals surface area contributed by atoms with Crippen LogP contribution in [0.25, 0.3) is 0 Å². The number of rotatable bonds is 2. The second-order valence-corrected chi connectivity index (χ2v) is 7.04. The van der Waals surface area contributed by atoms with Crippen molar-refractivity contribution in [2.24, 2.45) is 5.73 Å². The van der Waals surface area contributed by atoms with Crippen molar-refractivity contribution >= 4 is 0 Å². The molecule has 3 atom stereocenters. The minimum atomic E-state index is 0.0542. The van der Waals surface area contributed by atoms with Crippen LogP contribution < -0.4 is 5.73 Å². The van der Waals surface area contributed by atoms with E-state index in [-0.39, 0.29) is 5.54 Å². The molecule has 3 unspecified atom stereocenters. The van der Waals surface area contributed by atoms with Gasteiger partial charge in [-0.15, -0.1) is 0 Å². The summed E-state index contributed by atoms with van der Waals surface area (Å²) in [5.74, 6) is 0.658. The summed E-state index contributed by atoms with van der Waals surface area (Å²) >= 11 is 0. The second-order valence-electron chi connectivity index (χ2n) is 7.04. The first-order valence-corrected chi connectivity index (χ1v) is 8.33. The van der Waals surface area contributed by atoms with E-state index in [2.05, 4.69) is 55.0 Å². The van der Waals surface area contributed by atoms with E-state index in [0.29, 0.717) is 12.0 Å². The van der Waals surface area contributed by atoms with Crippen LogP contribution in [-0.4, -0.2) is 49.1 Å². The summed E-state index contributed by atoms with van der Waals surface area (Å²) in [7, 11) is 2.23. The predicted octanol–water partition coefficient (Wildman–Crippen LogP) is 2.37. The van der Waals surface area contributed by atoms with Crippen molar-refractivity contribution < 1.29 is 0 Å². The van der Waals surface area contributed by atoms with Crippen molar-refractivity contribution in [3.05, 3.63) is 35.4 Å². The van der Waals surface area contributed by atoms with Crippen LogP contribution in [0.5, 0.6) is 0 Å². The van der Waals surface area contributed by atoms with Gasteiger partial charge in [-0.2, -0.15) is 0 Å². The van der Waals surface area contributed by atoms with Gasteiger partial charge < -0.3 is 10.6 Å². The van der Waals surface area contributed by atoms with Gasteiger partial charge in [0.05, 0.1) is 5.54 Å². The van der Waals surface area contributed by atoms with Gasteiger partial charge in [0, 0.05) is 32.2 Å². The molecule has 3 nitrogen and oxygen atoms in total. The highest BCUT2D eigenvalue weighted by Crippen LogP contribution is 2.44. The molecular weight excluding hydrogens is 258 g/mol. The van der Waals surface area contributed by atoms with Gasteiger partial charge >= 0.3 is 0 Å². The average molecular weight is 287 g/mol. The zero-order valence-corrected chi connectivity index (χ0v) is 13.7. The fraction of sp³-hybridized carbons (Fsp3) is 0.667. The third-order valence-corrected chi connectivity index (χ3v) is 5.89. The molecule has 21 heavy (non-hydrogen) atoms. The Kier molecular flexibility index (Phi) is 4.08. The molecular formula is C18H29N3. The first kappa shape index (κ1) is 15.0. The highest BCUT2D eigenvalue weighted by Gasteiger charge is 2.43.